The number of rotatable bonds is 12. The Labute approximate surface area is 200 Å². The van der Waals surface area contributed by atoms with Crippen LogP contribution in [0.5, 0.6) is 5.75 Å². The van der Waals surface area contributed by atoms with Crippen LogP contribution < -0.4 is 21.1 Å². The molecule has 0 saturated carbocycles. The van der Waals surface area contributed by atoms with E-state index in [4.69, 9.17) is 22.1 Å². The Balaban J connectivity index is 1.26. The number of nitrogens with two attached hydrogens (primary N) is 1. The number of ether oxygens (including phenoxy) is 1. The normalized spacial score (nSPS) is 15.1. The Kier molecular flexibility index (Phi) is 10.1. The van der Waals surface area contributed by atoms with Crippen LogP contribution in [0.3, 0.4) is 0 Å². The smallest absolute Gasteiger partial charge is 0.255 e. The van der Waals surface area contributed by atoms with Gasteiger partial charge in [-0.25, -0.2) is 0 Å². The van der Waals surface area contributed by atoms with E-state index in [0.29, 0.717) is 34.5 Å². The molecule has 0 unspecified atom stereocenters. The number of carbonyl (C=O) groups excluding carboxylic acids is 1. The second-order valence-corrected chi connectivity index (χ2v) is 9.83. The first-order chi connectivity index (χ1) is 15.6. The molecule has 1 aliphatic rings. The molecule has 2 heterocycles. The molecule has 1 aliphatic heterocycles. The SMILES string of the molecule is COc1cc(N)c(Cl)cc1C(=O)NCC1CCN(CCCCCNCc2cccs2)CC1. The van der Waals surface area contributed by atoms with Gasteiger partial charge in [-0.3, -0.25) is 4.79 Å². The number of anilines is 1. The summed E-state index contributed by atoms with van der Waals surface area (Å²) in [6.07, 6.45) is 5.97. The molecule has 1 aromatic carbocycles. The van der Waals surface area contributed by atoms with E-state index in [0.717, 1.165) is 39.0 Å². The Bertz CT molecular complexity index is 839. The number of benzene rings is 1. The van der Waals surface area contributed by atoms with E-state index in [2.05, 4.69) is 33.0 Å². The lowest BCUT2D eigenvalue weighted by Gasteiger charge is -2.32. The van der Waals surface area contributed by atoms with E-state index in [-0.39, 0.29) is 5.91 Å². The molecule has 32 heavy (non-hydrogen) atoms. The summed E-state index contributed by atoms with van der Waals surface area (Å²) in [5.41, 5.74) is 6.63. The Morgan fingerprint density at radius 2 is 2.09 bits per heavy atom. The highest BCUT2D eigenvalue weighted by atomic mass is 35.5. The zero-order chi connectivity index (χ0) is 22.8. The van der Waals surface area contributed by atoms with E-state index in [1.807, 2.05) is 11.3 Å². The summed E-state index contributed by atoms with van der Waals surface area (Å²) in [4.78, 5) is 16.6. The van der Waals surface area contributed by atoms with Crippen LogP contribution in [-0.2, 0) is 6.54 Å². The van der Waals surface area contributed by atoms with Crippen LogP contribution >= 0.6 is 22.9 Å². The summed E-state index contributed by atoms with van der Waals surface area (Å²) in [5.74, 6) is 0.784. The van der Waals surface area contributed by atoms with Gasteiger partial charge in [0.1, 0.15) is 5.75 Å². The summed E-state index contributed by atoms with van der Waals surface area (Å²) < 4.78 is 5.28. The molecule has 0 bridgehead atoms. The lowest BCUT2D eigenvalue weighted by atomic mass is 9.96. The first-order valence-corrected chi connectivity index (χ1v) is 12.7. The van der Waals surface area contributed by atoms with E-state index >= 15 is 0 Å². The fraction of sp³-hybridized carbons (Fsp3) is 0.542. The van der Waals surface area contributed by atoms with Gasteiger partial charge in [0, 0.05) is 24.0 Å². The molecule has 0 radical (unpaired) electrons. The highest BCUT2D eigenvalue weighted by Crippen LogP contribution is 2.29. The molecule has 0 atom stereocenters. The Hall–Kier alpha value is -1.80. The molecule has 3 rings (SSSR count). The number of methoxy groups -OCH3 is 1. The number of amides is 1. The van der Waals surface area contributed by atoms with Crippen molar-refractivity contribution in [3.05, 3.63) is 45.1 Å². The third kappa shape index (κ3) is 7.66. The number of nitrogens with one attached hydrogen (secondary N) is 2. The quantitative estimate of drug-likeness (QED) is 0.311. The monoisotopic (exact) mass is 478 g/mol. The first kappa shape index (κ1) is 24.8. The van der Waals surface area contributed by atoms with Crippen molar-refractivity contribution in [2.75, 3.05) is 45.6 Å². The van der Waals surface area contributed by atoms with Gasteiger partial charge in [-0.1, -0.05) is 24.1 Å². The van der Waals surface area contributed by atoms with Gasteiger partial charge in [-0.15, -0.1) is 11.3 Å². The third-order valence-corrected chi connectivity index (χ3v) is 7.23. The molecule has 8 heteroatoms. The topological polar surface area (TPSA) is 79.6 Å². The zero-order valence-corrected chi connectivity index (χ0v) is 20.4. The van der Waals surface area contributed by atoms with Crippen LogP contribution in [0.4, 0.5) is 5.69 Å². The predicted molar refractivity (Wildman–Crippen MR) is 134 cm³/mol. The molecule has 2 aromatic rings. The van der Waals surface area contributed by atoms with Crippen molar-refractivity contribution in [1.82, 2.24) is 15.5 Å². The number of halogens is 1. The molecule has 0 spiro atoms. The molecule has 0 aliphatic carbocycles. The van der Waals surface area contributed by atoms with Crippen molar-refractivity contribution in [3.8, 4) is 5.75 Å². The Morgan fingerprint density at radius 1 is 1.28 bits per heavy atom. The molecule has 1 saturated heterocycles. The maximum absolute atomic E-state index is 12.6. The number of unbranched alkanes of at least 4 members (excludes halogenated alkanes) is 2. The van der Waals surface area contributed by atoms with Gasteiger partial charge in [0.2, 0.25) is 0 Å². The number of thiophene rings is 1. The lowest BCUT2D eigenvalue weighted by molar-refractivity contribution is 0.0933. The summed E-state index contributed by atoms with van der Waals surface area (Å²) in [5, 5.41) is 9.05. The minimum absolute atomic E-state index is 0.168. The van der Waals surface area contributed by atoms with Gasteiger partial charge in [0.15, 0.2) is 0 Å². The average molecular weight is 479 g/mol. The molecule has 6 nitrogen and oxygen atoms in total. The number of carbonyl (C=O) groups is 1. The fourth-order valence-corrected chi connectivity index (χ4v) is 4.89. The number of hydrogen-bond donors (Lipinski definition) is 3. The molecule has 1 fully saturated rings. The zero-order valence-electron chi connectivity index (χ0n) is 18.9. The van der Waals surface area contributed by atoms with Crippen LogP contribution in [0.1, 0.15) is 47.3 Å². The standard InChI is InChI=1S/C24H35ClN4O2S/c1-31-23-15-22(26)21(25)14-20(23)24(30)28-16-18-7-11-29(12-8-18)10-4-2-3-9-27-17-19-6-5-13-32-19/h5-6,13-15,18,27H,2-4,7-12,16-17,26H2,1H3,(H,28,30). The van der Waals surface area contributed by atoms with Crippen molar-refractivity contribution < 1.29 is 9.53 Å². The summed E-state index contributed by atoms with van der Waals surface area (Å²) in [7, 11) is 1.52. The van der Waals surface area contributed by atoms with Crippen LogP contribution in [0.25, 0.3) is 0 Å². The molecule has 4 N–H and O–H groups in total. The number of likely N-dealkylation sites (tertiary alicyclic amines) is 1. The van der Waals surface area contributed by atoms with Crippen LogP contribution in [-0.4, -0.2) is 50.6 Å². The van der Waals surface area contributed by atoms with E-state index in [1.54, 1.807) is 12.1 Å². The molecule has 1 aromatic heterocycles. The lowest BCUT2D eigenvalue weighted by Crippen LogP contribution is -2.39. The number of nitrogen functional groups attached to an aromatic ring is 1. The maximum atomic E-state index is 12.6. The summed E-state index contributed by atoms with van der Waals surface area (Å²) in [6, 6.07) is 7.45. The first-order valence-electron chi connectivity index (χ1n) is 11.4. The second kappa shape index (κ2) is 13.0. The van der Waals surface area contributed by atoms with Crippen molar-refractivity contribution in [2.45, 2.75) is 38.6 Å². The van der Waals surface area contributed by atoms with Crippen molar-refractivity contribution in [3.63, 3.8) is 0 Å². The Morgan fingerprint density at radius 3 is 2.81 bits per heavy atom. The minimum atomic E-state index is -0.168. The maximum Gasteiger partial charge on any atom is 0.255 e. The fourth-order valence-electron chi connectivity index (χ4n) is 4.05. The average Bonchev–Trinajstić information content (AvgIpc) is 3.32. The van der Waals surface area contributed by atoms with Gasteiger partial charge in [-0.05, 0) is 75.3 Å². The molecular weight excluding hydrogens is 444 g/mol. The largest absolute Gasteiger partial charge is 0.496 e. The predicted octanol–water partition coefficient (Wildman–Crippen LogP) is 4.39. The van der Waals surface area contributed by atoms with Gasteiger partial charge >= 0.3 is 0 Å². The highest BCUT2D eigenvalue weighted by Gasteiger charge is 2.21. The van der Waals surface area contributed by atoms with Crippen molar-refractivity contribution in [2.24, 2.45) is 5.92 Å². The molecule has 1 amide bonds. The van der Waals surface area contributed by atoms with E-state index < -0.39 is 0 Å². The molecule has 176 valence electrons. The van der Waals surface area contributed by atoms with E-state index in [9.17, 15) is 4.79 Å². The van der Waals surface area contributed by atoms with Crippen LogP contribution in [0.2, 0.25) is 5.02 Å². The number of hydrogen-bond acceptors (Lipinski definition) is 6. The van der Waals surface area contributed by atoms with Gasteiger partial charge in [0.05, 0.1) is 23.4 Å². The highest BCUT2D eigenvalue weighted by molar-refractivity contribution is 7.09. The van der Waals surface area contributed by atoms with Gasteiger partial charge in [-0.2, -0.15) is 0 Å². The minimum Gasteiger partial charge on any atom is -0.496 e. The second-order valence-electron chi connectivity index (χ2n) is 8.39. The van der Waals surface area contributed by atoms with E-state index in [1.165, 1.54) is 37.8 Å². The van der Waals surface area contributed by atoms with Crippen molar-refractivity contribution in [1.29, 1.82) is 0 Å². The van der Waals surface area contributed by atoms with Gasteiger partial charge in [0.25, 0.3) is 5.91 Å². The summed E-state index contributed by atoms with van der Waals surface area (Å²) >= 11 is 7.89. The number of nitrogens with zero attached hydrogens (tertiary/aromatic N) is 1. The van der Waals surface area contributed by atoms with Crippen LogP contribution in [0, 0.1) is 5.92 Å². The van der Waals surface area contributed by atoms with Gasteiger partial charge < -0.3 is 26.0 Å². The molecular formula is C24H35ClN4O2S. The summed E-state index contributed by atoms with van der Waals surface area (Å²) in [6.45, 7) is 6.13. The van der Waals surface area contributed by atoms with Crippen LogP contribution in [0.15, 0.2) is 29.6 Å². The third-order valence-electron chi connectivity index (χ3n) is 6.03. The number of piperidine rings is 1. The van der Waals surface area contributed by atoms with Crippen molar-refractivity contribution >= 4 is 34.5 Å².